The molecule has 0 saturated carbocycles. The van der Waals surface area contributed by atoms with Crippen LogP contribution in [0.1, 0.15) is 12.8 Å². The van der Waals surface area contributed by atoms with E-state index in [2.05, 4.69) is 9.97 Å². The quantitative estimate of drug-likeness (QED) is 0.712. The van der Waals surface area contributed by atoms with E-state index in [-0.39, 0.29) is 6.61 Å². The van der Waals surface area contributed by atoms with E-state index in [0.717, 1.165) is 17.0 Å². The lowest BCUT2D eigenvalue weighted by molar-refractivity contribution is 0.266. The second-order valence-corrected chi connectivity index (χ2v) is 4.13. The molecular formula is C15H14N2O3. The molecule has 3 rings (SSSR count). The number of ether oxygens (including phenoxy) is 2. The Bertz CT molecular complexity index is 659. The standard InChI is InChI=1S/C15H14N2O3/c1-2-18-11-5-7-12(8-6-11)19-10-14-17-13-4-3-9-16-15(13)20-14/h3-9H,2,10H2,1H3. The summed E-state index contributed by atoms with van der Waals surface area (Å²) in [5, 5.41) is 0. The van der Waals surface area contributed by atoms with Gasteiger partial charge in [0, 0.05) is 6.20 Å². The van der Waals surface area contributed by atoms with Crippen molar-refractivity contribution < 1.29 is 13.9 Å². The molecule has 0 radical (unpaired) electrons. The summed E-state index contributed by atoms with van der Waals surface area (Å²) in [6, 6.07) is 11.1. The van der Waals surface area contributed by atoms with Crippen molar-refractivity contribution in [2.24, 2.45) is 0 Å². The molecule has 0 aliphatic carbocycles. The molecule has 102 valence electrons. The highest BCUT2D eigenvalue weighted by Crippen LogP contribution is 2.19. The predicted octanol–water partition coefficient (Wildman–Crippen LogP) is 3.20. The van der Waals surface area contributed by atoms with Crippen LogP contribution in [-0.2, 0) is 6.61 Å². The molecule has 0 unspecified atom stereocenters. The van der Waals surface area contributed by atoms with Crippen molar-refractivity contribution in [2.45, 2.75) is 13.5 Å². The van der Waals surface area contributed by atoms with E-state index in [9.17, 15) is 0 Å². The van der Waals surface area contributed by atoms with Crippen LogP contribution in [-0.4, -0.2) is 16.6 Å². The third-order valence-electron chi connectivity index (χ3n) is 2.71. The Morgan fingerprint density at radius 2 is 1.80 bits per heavy atom. The van der Waals surface area contributed by atoms with E-state index >= 15 is 0 Å². The van der Waals surface area contributed by atoms with E-state index in [1.807, 2.05) is 43.3 Å². The summed E-state index contributed by atoms with van der Waals surface area (Å²) in [6.45, 7) is 2.87. The minimum atomic E-state index is 0.268. The number of oxazole rings is 1. The third-order valence-corrected chi connectivity index (χ3v) is 2.71. The van der Waals surface area contributed by atoms with Crippen molar-refractivity contribution >= 4 is 11.2 Å². The van der Waals surface area contributed by atoms with Crippen LogP contribution >= 0.6 is 0 Å². The average molecular weight is 270 g/mol. The second kappa shape index (κ2) is 5.61. The van der Waals surface area contributed by atoms with Gasteiger partial charge in [-0.3, -0.25) is 0 Å². The van der Waals surface area contributed by atoms with Crippen LogP contribution in [0.5, 0.6) is 11.5 Å². The van der Waals surface area contributed by atoms with Gasteiger partial charge in [0.15, 0.2) is 6.61 Å². The molecule has 3 aromatic rings. The molecule has 0 fully saturated rings. The molecule has 0 N–H and O–H groups in total. The molecule has 2 heterocycles. The van der Waals surface area contributed by atoms with Gasteiger partial charge in [0.25, 0.3) is 0 Å². The van der Waals surface area contributed by atoms with Gasteiger partial charge in [-0.15, -0.1) is 0 Å². The first-order valence-corrected chi connectivity index (χ1v) is 6.41. The van der Waals surface area contributed by atoms with Crippen molar-refractivity contribution in [1.82, 2.24) is 9.97 Å². The fraction of sp³-hybridized carbons (Fsp3) is 0.200. The van der Waals surface area contributed by atoms with Gasteiger partial charge in [0.1, 0.15) is 17.0 Å². The number of pyridine rings is 1. The highest BCUT2D eigenvalue weighted by atomic mass is 16.5. The third kappa shape index (κ3) is 2.71. The lowest BCUT2D eigenvalue weighted by atomic mass is 10.3. The Hall–Kier alpha value is -2.56. The number of rotatable bonds is 5. The Morgan fingerprint density at radius 1 is 1.05 bits per heavy atom. The zero-order valence-corrected chi connectivity index (χ0v) is 11.1. The molecule has 0 amide bonds. The monoisotopic (exact) mass is 270 g/mol. The largest absolute Gasteiger partial charge is 0.494 e. The zero-order chi connectivity index (χ0) is 13.8. The number of benzene rings is 1. The summed E-state index contributed by atoms with van der Waals surface area (Å²) >= 11 is 0. The second-order valence-electron chi connectivity index (χ2n) is 4.13. The number of fused-ring (bicyclic) bond motifs is 1. The van der Waals surface area contributed by atoms with Crippen LogP contribution in [0.25, 0.3) is 11.2 Å². The van der Waals surface area contributed by atoms with Crippen LogP contribution in [0.15, 0.2) is 47.0 Å². The molecule has 0 aliphatic rings. The molecule has 0 aliphatic heterocycles. The maximum Gasteiger partial charge on any atom is 0.247 e. The smallest absolute Gasteiger partial charge is 0.247 e. The van der Waals surface area contributed by atoms with Gasteiger partial charge < -0.3 is 13.9 Å². The molecule has 1 aromatic carbocycles. The fourth-order valence-electron chi connectivity index (χ4n) is 1.82. The van der Waals surface area contributed by atoms with Gasteiger partial charge in [-0.25, -0.2) is 9.97 Å². The zero-order valence-electron chi connectivity index (χ0n) is 11.1. The van der Waals surface area contributed by atoms with Crippen LogP contribution in [0, 0.1) is 0 Å². The summed E-state index contributed by atoms with van der Waals surface area (Å²) in [5.41, 5.74) is 1.26. The molecule has 5 nitrogen and oxygen atoms in total. The van der Waals surface area contributed by atoms with Crippen molar-refractivity contribution in [3.63, 3.8) is 0 Å². The summed E-state index contributed by atoms with van der Waals surface area (Å²) < 4.78 is 16.5. The first kappa shape index (κ1) is 12.5. The van der Waals surface area contributed by atoms with Crippen molar-refractivity contribution in [3.05, 3.63) is 48.5 Å². The Kier molecular flexibility index (Phi) is 3.50. The van der Waals surface area contributed by atoms with Crippen LogP contribution in [0.2, 0.25) is 0 Å². The number of hydrogen-bond acceptors (Lipinski definition) is 5. The summed E-state index contributed by atoms with van der Waals surface area (Å²) in [7, 11) is 0. The van der Waals surface area contributed by atoms with Gasteiger partial charge in [0.2, 0.25) is 11.6 Å². The number of hydrogen-bond donors (Lipinski definition) is 0. The number of nitrogens with zero attached hydrogens (tertiary/aromatic N) is 2. The van der Waals surface area contributed by atoms with E-state index in [0.29, 0.717) is 18.2 Å². The van der Waals surface area contributed by atoms with Crippen molar-refractivity contribution in [1.29, 1.82) is 0 Å². The highest BCUT2D eigenvalue weighted by Gasteiger charge is 2.06. The van der Waals surface area contributed by atoms with Gasteiger partial charge >= 0.3 is 0 Å². The van der Waals surface area contributed by atoms with Gasteiger partial charge in [0.05, 0.1) is 6.61 Å². The number of aromatic nitrogens is 2. The fourth-order valence-corrected chi connectivity index (χ4v) is 1.82. The molecule has 2 aromatic heterocycles. The highest BCUT2D eigenvalue weighted by molar-refractivity contribution is 5.67. The maximum atomic E-state index is 5.62. The molecule has 0 bridgehead atoms. The van der Waals surface area contributed by atoms with Crippen molar-refractivity contribution in [2.75, 3.05) is 6.61 Å². The Morgan fingerprint density at radius 3 is 2.50 bits per heavy atom. The molecule has 0 spiro atoms. The van der Waals surface area contributed by atoms with Crippen LogP contribution in [0.4, 0.5) is 0 Å². The first-order valence-electron chi connectivity index (χ1n) is 6.41. The molecule has 5 heteroatoms. The summed E-state index contributed by atoms with van der Waals surface area (Å²) in [5.74, 6) is 2.07. The minimum absolute atomic E-state index is 0.268. The molecule has 0 atom stereocenters. The van der Waals surface area contributed by atoms with Crippen molar-refractivity contribution in [3.8, 4) is 11.5 Å². The van der Waals surface area contributed by atoms with E-state index < -0.39 is 0 Å². The molecular weight excluding hydrogens is 256 g/mol. The van der Waals surface area contributed by atoms with Gasteiger partial charge in [-0.05, 0) is 43.3 Å². The predicted molar refractivity (Wildman–Crippen MR) is 73.7 cm³/mol. The van der Waals surface area contributed by atoms with Crippen LogP contribution < -0.4 is 9.47 Å². The minimum Gasteiger partial charge on any atom is -0.494 e. The topological polar surface area (TPSA) is 57.4 Å². The first-order chi connectivity index (χ1) is 9.85. The lowest BCUT2D eigenvalue weighted by Gasteiger charge is -2.05. The van der Waals surface area contributed by atoms with E-state index in [1.165, 1.54) is 0 Å². The summed E-state index contributed by atoms with van der Waals surface area (Å²) in [6.07, 6.45) is 1.67. The normalized spacial score (nSPS) is 10.7. The summed E-state index contributed by atoms with van der Waals surface area (Å²) in [4.78, 5) is 8.38. The average Bonchev–Trinajstić information content (AvgIpc) is 2.90. The molecule has 20 heavy (non-hydrogen) atoms. The maximum absolute atomic E-state index is 5.62. The van der Waals surface area contributed by atoms with Gasteiger partial charge in [-0.1, -0.05) is 0 Å². The van der Waals surface area contributed by atoms with E-state index in [1.54, 1.807) is 6.20 Å². The Balaban J connectivity index is 1.66. The van der Waals surface area contributed by atoms with E-state index in [4.69, 9.17) is 13.9 Å². The molecule has 0 saturated heterocycles. The Labute approximate surface area is 116 Å². The van der Waals surface area contributed by atoms with Crippen LogP contribution in [0.3, 0.4) is 0 Å². The lowest BCUT2D eigenvalue weighted by Crippen LogP contribution is -1.96. The van der Waals surface area contributed by atoms with Gasteiger partial charge in [-0.2, -0.15) is 0 Å². The SMILES string of the molecule is CCOc1ccc(OCc2nc3cccnc3o2)cc1.